The molecule has 0 aromatic heterocycles. The highest BCUT2D eigenvalue weighted by Crippen LogP contribution is 2.30. The van der Waals surface area contributed by atoms with Crippen molar-refractivity contribution < 1.29 is 64.6 Å². The molecule has 2 aliphatic rings. The van der Waals surface area contributed by atoms with E-state index in [1.165, 1.54) is 270 Å². The van der Waals surface area contributed by atoms with Gasteiger partial charge in [0, 0.05) is 6.42 Å². The maximum absolute atomic E-state index is 13.2. The Balaban J connectivity index is 1.47. The third kappa shape index (κ3) is 39.7. The maximum atomic E-state index is 13.2. The van der Waals surface area contributed by atoms with Crippen LogP contribution in [0.15, 0.2) is 12.2 Å². The minimum atomic E-state index is -1.79. The Labute approximate surface area is 514 Å². The van der Waals surface area contributed by atoms with Gasteiger partial charge in [0.25, 0.3) is 0 Å². The van der Waals surface area contributed by atoms with Crippen LogP contribution < -0.4 is 5.32 Å². The van der Waals surface area contributed by atoms with Crippen molar-refractivity contribution in [1.29, 1.82) is 0 Å². The van der Waals surface area contributed by atoms with E-state index < -0.39 is 86.8 Å². The zero-order valence-electron chi connectivity index (χ0n) is 54.2. The van der Waals surface area contributed by atoms with Gasteiger partial charge in [0.15, 0.2) is 12.6 Å². The van der Waals surface area contributed by atoms with Gasteiger partial charge in [0.2, 0.25) is 5.91 Å². The highest BCUT2D eigenvalue weighted by atomic mass is 16.7. The predicted octanol–water partition coefficient (Wildman–Crippen LogP) is 14.6. The van der Waals surface area contributed by atoms with Crippen LogP contribution in [0, 0.1) is 0 Å². The molecule has 0 aromatic rings. The highest BCUT2D eigenvalue weighted by Gasteiger charge is 2.51. The summed E-state index contributed by atoms with van der Waals surface area (Å²) in [4.78, 5) is 13.2. The molecule has 84 heavy (non-hydrogen) atoms. The van der Waals surface area contributed by atoms with Crippen LogP contribution in [0.4, 0.5) is 0 Å². The van der Waals surface area contributed by atoms with Gasteiger partial charge in [-0.25, -0.2) is 0 Å². The summed E-state index contributed by atoms with van der Waals surface area (Å²) < 4.78 is 22.7. The molecule has 0 radical (unpaired) electrons. The first-order chi connectivity index (χ1) is 41.1. The quantitative estimate of drug-likeness (QED) is 0.0204. The van der Waals surface area contributed by atoms with Crippen molar-refractivity contribution in [3.05, 3.63) is 12.2 Å². The summed E-state index contributed by atoms with van der Waals surface area (Å²) in [6.07, 6.45) is 52.1. The van der Waals surface area contributed by atoms with Gasteiger partial charge < -0.3 is 65.1 Å². The number of carbonyl (C=O) groups is 1. The first-order valence-corrected chi connectivity index (χ1v) is 35.9. The molecule has 14 nitrogen and oxygen atoms in total. The zero-order chi connectivity index (χ0) is 60.9. The molecule has 2 rings (SSSR count). The molecule has 2 fully saturated rings. The number of ether oxygens (including phenoxy) is 4. The summed E-state index contributed by atoms with van der Waals surface area (Å²) in [5.41, 5.74) is 0. The normalized spacial score (nSPS) is 23.6. The van der Waals surface area contributed by atoms with Gasteiger partial charge in [-0.15, -0.1) is 0 Å². The molecule has 2 heterocycles. The number of hydrogen-bond donors (Lipinski definition) is 9. The summed E-state index contributed by atoms with van der Waals surface area (Å²) in [6, 6.07) is -0.908. The lowest BCUT2D eigenvalue weighted by Gasteiger charge is -2.46. The predicted molar refractivity (Wildman–Crippen MR) is 342 cm³/mol. The van der Waals surface area contributed by atoms with Gasteiger partial charge in [0.05, 0.1) is 32.0 Å². The second kappa shape index (κ2) is 55.8. The van der Waals surface area contributed by atoms with Gasteiger partial charge in [-0.05, 0) is 19.3 Å². The number of allylic oxidation sites excluding steroid dienone is 1. The van der Waals surface area contributed by atoms with Gasteiger partial charge in [0.1, 0.15) is 48.8 Å². The summed E-state index contributed by atoms with van der Waals surface area (Å²) in [7, 11) is 0. The number of carbonyl (C=O) groups excluding carboxylic acids is 1. The lowest BCUT2D eigenvalue weighted by Crippen LogP contribution is -2.65. The Morgan fingerprint density at radius 1 is 0.417 bits per heavy atom. The summed E-state index contributed by atoms with van der Waals surface area (Å²) in [5.74, 6) is -0.235. The number of aliphatic hydroxyl groups is 8. The van der Waals surface area contributed by atoms with E-state index in [4.69, 9.17) is 18.9 Å². The highest BCUT2D eigenvalue weighted by molar-refractivity contribution is 5.76. The van der Waals surface area contributed by atoms with Crippen LogP contribution in [-0.2, 0) is 23.7 Å². The van der Waals surface area contributed by atoms with E-state index >= 15 is 0 Å². The van der Waals surface area contributed by atoms with Crippen molar-refractivity contribution in [3.63, 3.8) is 0 Å². The first kappa shape index (κ1) is 78.8. The van der Waals surface area contributed by atoms with Crippen molar-refractivity contribution in [2.45, 2.75) is 408 Å². The van der Waals surface area contributed by atoms with Crippen molar-refractivity contribution in [1.82, 2.24) is 5.32 Å². The number of rotatable bonds is 60. The van der Waals surface area contributed by atoms with E-state index in [-0.39, 0.29) is 18.9 Å². The Hall–Kier alpha value is -1.27. The van der Waals surface area contributed by atoms with Crippen LogP contribution in [0.2, 0.25) is 0 Å². The van der Waals surface area contributed by atoms with E-state index in [0.717, 1.165) is 38.5 Å². The number of unbranched alkanes of at least 4 members (excludes halogenated alkanes) is 47. The summed E-state index contributed by atoms with van der Waals surface area (Å²) in [5, 5.41) is 86.9. The summed E-state index contributed by atoms with van der Waals surface area (Å²) >= 11 is 0. The molecular weight excluding hydrogens is 1060 g/mol. The van der Waals surface area contributed by atoms with Crippen LogP contribution in [0.25, 0.3) is 0 Å². The van der Waals surface area contributed by atoms with E-state index in [9.17, 15) is 45.6 Å². The Bertz CT molecular complexity index is 1460. The number of nitrogens with one attached hydrogen (secondary N) is 1. The average molecular weight is 1200 g/mol. The number of aliphatic hydroxyl groups excluding tert-OH is 8. The minimum Gasteiger partial charge on any atom is -0.394 e. The van der Waals surface area contributed by atoms with Crippen molar-refractivity contribution >= 4 is 5.91 Å². The van der Waals surface area contributed by atoms with Crippen LogP contribution in [0.5, 0.6) is 0 Å². The molecule has 12 atom stereocenters. The second-order valence-corrected chi connectivity index (χ2v) is 25.7. The fourth-order valence-electron chi connectivity index (χ4n) is 12.2. The van der Waals surface area contributed by atoms with Crippen LogP contribution in [-0.4, -0.2) is 140 Å². The van der Waals surface area contributed by atoms with Gasteiger partial charge in [-0.1, -0.05) is 321 Å². The Morgan fingerprint density at radius 3 is 1.10 bits per heavy atom. The van der Waals surface area contributed by atoms with E-state index in [2.05, 4.69) is 19.2 Å². The molecule has 0 spiro atoms. The van der Waals surface area contributed by atoms with E-state index in [0.29, 0.717) is 6.42 Å². The SMILES string of the molecule is CCCCCCCCC/C=C/C(O)C(COC1OC(CO)C(OC2OC(CO)C(O)C(O)C2O)C(O)C1O)NC(=O)CCCCCCCCCCCCCCCCCCCCCCCCCCCCCCCCCCCCCCCCCCC. The van der Waals surface area contributed by atoms with Crippen molar-refractivity contribution in [2.75, 3.05) is 19.8 Å². The minimum absolute atomic E-state index is 0.235. The van der Waals surface area contributed by atoms with Crippen molar-refractivity contribution in [2.24, 2.45) is 0 Å². The molecule has 14 heteroatoms. The Kier molecular flexibility index (Phi) is 52.3. The standard InChI is InChI=1S/C70H135NO13/c1-3-5-7-9-11-13-14-15-16-17-18-19-20-21-22-23-24-25-26-27-28-29-30-31-32-33-34-35-36-37-38-39-40-41-42-43-44-46-48-50-52-54-62(75)71-58(59(74)53-51-49-47-45-12-10-8-6-4-2)57-81-69-67(80)65(78)68(61(56-73)83-69)84-70-66(79)64(77)63(76)60(55-72)82-70/h51,53,58-61,63-70,72-74,76-80H,3-50,52,54-57H2,1-2H3,(H,71,75)/b53-51+. The third-order valence-corrected chi connectivity index (χ3v) is 18.0. The molecule has 0 bridgehead atoms. The Morgan fingerprint density at radius 2 is 0.738 bits per heavy atom. The zero-order valence-corrected chi connectivity index (χ0v) is 54.2. The first-order valence-electron chi connectivity index (χ1n) is 35.9. The molecule has 9 N–H and O–H groups in total. The number of hydrogen-bond acceptors (Lipinski definition) is 13. The molecule has 2 saturated heterocycles. The molecular formula is C70H135NO13. The van der Waals surface area contributed by atoms with Crippen LogP contribution in [0.1, 0.15) is 335 Å². The monoisotopic (exact) mass is 1200 g/mol. The van der Waals surface area contributed by atoms with Gasteiger partial charge in [-0.3, -0.25) is 4.79 Å². The maximum Gasteiger partial charge on any atom is 0.220 e. The molecule has 0 aliphatic carbocycles. The molecule has 1 amide bonds. The largest absolute Gasteiger partial charge is 0.394 e. The second-order valence-electron chi connectivity index (χ2n) is 25.7. The molecule has 0 aromatic carbocycles. The molecule has 0 saturated carbocycles. The lowest BCUT2D eigenvalue weighted by molar-refractivity contribution is -0.359. The fourth-order valence-corrected chi connectivity index (χ4v) is 12.2. The molecule has 498 valence electrons. The van der Waals surface area contributed by atoms with E-state index in [1.54, 1.807) is 6.08 Å². The van der Waals surface area contributed by atoms with Crippen LogP contribution in [0.3, 0.4) is 0 Å². The topological polar surface area (TPSA) is 228 Å². The summed E-state index contributed by atoms with van der Waals surface area (Å²) in [6.45, 7) is 2.80. The van der Waals surface area contributed by atoms with Gasteiger partial charge in [-0.2, -0.15) is 0 Å². The number of amides is 1. The molecule has 2 aliphatic heterocycles. The van der Waals surface area contributed by atoms with Gasteiger partial charge >= 0.3 is 0 Å². The third-order valence-electron chi connectivity index (χ3n) is 18.0. The van der Waals surface area contributed by atoms with Crippen molar-refractivity contribution in [3.8, 4) is 0 Å². The fraction of sp³-hybridized carbons (Fsp3) is 0.957. The smallest absolute Gasteiger partial charge is 0.220 e. The van der Waals surface area contributed by atoms with Crippen LogP contribution >= 0.6 is 0 Å². The average Bonchev–Trinajstić information content (AvgIpc) is 2.95. The van der Waals surface area contributed by atoms with E-state index in [1.807, 2.05) is 6.08 Å². The molecule has 12 unspecified atom stereocenters. The lowest BCUT2D eigenvalue weighted by atomic mass is 9.97.